The lowest BCUT2D eigenvalue weighted by Gasteiger charge is -2.25. The van der Waals surface area contributed by atoms with Crippen molar-refractivity contribution in [2.24, 2.45) is 0 Å². The molecule has 1 N–H and O–H groups in total. The fraction of sp³-hybridized carbons (Fsp3) is 0.250. The number of para-hydroxylation sites is 2. The predicted molar refractivity (Wildman–Crippen MR) is 119 cm³/mol. The number of fused-ring (bicyclic) bond motifs is 2. The van der Waals surface area contributed by atoms with E-state index in [0.29, 0.717) is 17.1 Å². The molecule has 7 nitrogen and oxygen atoms in total. The van der Waals surface area contributed by atoms with Crippen molar-refractivity contribution in [3.63, 3.8) is 0 Å². The summed E-state index contributed by atoms with van der Waals surface area (Å²) in [4.78, 5) is 15.6. The molecule has 2 aromatic heterocycles. The molecular weight excluding hydrogens is 392 g/mol. The molecule has 0 fully saturated rings. The van der Waals surface area contributed by atoms with Crippen molar-refractivity contribution in [1.82, 2.24) is 19.7 Å². The van der Waals surface area contributed by atoms with Crippen LogP contribution < -0.4 is 9.47 Å². The molecule has 0 aliphatic carbocycles. The van der Waals surface area contributed by atoms with Crippen molar-refractivity contribution in [2.75, 3.05) is 27.2 Å². The number of hydrogen-bond donors (Lipinski definition) is 1. The summed E-state index contributed by atoms with van der Waals surface area (Å²) in [6, 6.07) is 13.6. The van der Waals surface area contributed by atoms with Crippen LogP contribution in [0.1, 0.15) is 10.4 Å². The Morgan fingerprint density at radius 1 is 1.19 bits per heavy atom. The summed E-state index contributed by atoms with van der Waals surface area (Å²) >= 11 is 0. The van der Waals surface area contributed by atoms with Gasteiger partial charge in [-0.3, -0.25) is 9.89 Å². The molecule has 1 unspecified atom stereocenters. The van der Waals surface area contributed by atoms with Crippen molar-refractivity contribution in [1.29, 1.82) is 0 Å². The first-order chi connectivity index (χ1) is 15.1. The number of rotatable bonds is 6. The van der Waals surface area contributed by atoms with Gasteiger partial charge in [-0.15, -0.1) is 0 Å². The van der Waals surface area contributed by atoms with Gasteiger partial charge in [-0.1, -0.05) is 24.3 Å². The number of nitrogens with one attached hydrogen (secondary N) is 1. The summed E-state index contributed by atoms with van der Waals surface area (Å²) in [5.74, 6) is 1.20. The van der Waals surface area contributed by atoms with Gasteiger partial charge in [-0.2, -0.15) is 5.10 Å². The van der Waals surface area contributed by atoms with Gasteiger partial charge in [0.15, 0.2) is 17.6 Å². The number of aromatic amines is 1. The van der Waals surface area contributed by atoms with Crippen LogP contribution in [0.15, 0.2) is 61.1 Å². The lowest BCUT2D eigenvalue weighted by atomic mass is 10.0. The monoisotopic (exact) mass is 416 g/mol. The molecule has 3 heterocycles. The lowest BCUT2D eigenvalue weighted by Crippen LogP contribution is -2.36. The van der Waals surface area contributed by atoms with E-state index in [0.717, 1.165) is 35.1 Å². The Morgan fingerprint density at radius 2 is 2.03 bits per heavy atom. The first-order valence-electron chi connectivity index (χ1n) is 10.3. The van der Waals surface area contributed by atoms with Gasteiger partial charge in [0.25, 0.3) is 0 Å². The van der Waals surface area contributed by atoms with Gasteiger partial charge in [-0.25, -0.2) is 0 Å². The number of ether oxygens (including phenoxy) is 2. The van der Waals surface area contributed by atoms with Crippen LogP contribution in [0.25, 0.3) is 22.0 Å². The van der Waals surface area contributed by atoms with Gasteiger partial charge in [0, 0.05) is 47.5 Å². The molecule has 5 rings (SSSR count). The highest BCUT2D eigenvalue weighted by atomic mass is 16.6. The van der Waals surface area contributed by atoms with Crippen molar-refractivity contribution < 1.29 is 14.3 Å². The Morgan fingerprint density at radius 3 is 2.81 bits per heavy atom. The van der Waals surface area contributed by atoms with Gasteiger partial charge >= 0.3 is 0 Å². The van der Waals surface area contributed by atoms with Gasteiger partial charge in [-0.05, 0) is 37.9 Å². The third kappa shape index (κ3) is 3.68. The van der Waals surface area contributed by atoms with E-state index in [9.17, 15) is 4.79 Å². The van der Waals surface area contributed by atoms with E-state index in [-0.39, 0.29) is 12.4 Å². The molecule has 0 bridgehead atoms. The smallest absolute Gasteiger partial charge is 0.209 e. The van der Waals surface area contributed by atoms with E-state index >= 15 is 0 Å². The van der Waals surface area contributed by atoms with Gasteiger partial charge in [0.2, 0.25) is 5.78 Å². The molecule has 158 valence electrons. The van der Waals surface area contributed by atoms with Crippen LogP contribution >= 0.6 is 0 Å². The van der Waals surface area contributed by atoms with E-state index in [4.69, 9.17) is 9.47 Å². The van der Waals surface area contributed by atoms with E-state index < -0.39 is 6.10 Å². The van der Waals surface area contributed by atoms with E-state index in [2.05, 4.69) is 25.7 Å². The molecule has 0 spiro atoms. The molecular formula is C24H24N4O3. The third-order valence-electron chi connectivity index (χ3n) is 5.57. The van der Waals surface area contributed by atoms with Crippen LogP contribution in [-0.4, -0.2) is 58.8 Å². The van der Waals surface area contributed by atoms with Crippen molar-refractivity contribution in [3.8, 4) is 22.6 Å². The molecule has 4 aromatic rings. The molecule has 0 amide bonds. The van der Waals surface area contributed by atoms with Crippen LogP contribution in [0.3, 0.4) is 0 Å². The summed E-state index contributed by atoms with van der Waals surface area (Å²) in [5.41, 5.74) is 3.73. The summed E-state index contributed by atoms with van der Waals surface area (Å²) in [6.07, 6.45) is 4.94. The lowest BCUT2D eigenvalue weighted by molar-refractivity contribution is 0.0587. The SMILES string of the molecule is CN(C)CCn1cc(C(=O)C2COc3ccccc3O2)c2ccc(-c3cn[nH]c3)cc21. The number of Topliss-reactive ketones (excluding diaryl/α,β-unsaturated/α-hetero) is 1. The summed E-state index contributed by atoms with van der Waals surface area (Å²) in [5, 5.41) is 7.82. The standard InChI is InChI=1S/C24H24N4O3/c1-27(2)9-10-28-14-19(18-8-7-16(11-20(18)28)17-12-25-26-13-17)24(29)23-15-30-21-5-3-4-6-22(21)31-23/h3-8,11-14,23H,9-10,15H2,1-2H3,(H,25,26). The van der Waals surface area contributed by atoms with Crippen LogP contribution in [0.4, 0.5) is 0 Å². The number of aromatic nitrogens is 3. The Balaban J connectivity index is 1.52. The normalized spacial score (nSPS) is 15.5. The third-order valence-corrected chi connectivity index (χ3v) is 5.57. The van der Waals surface area contributed by atoms with E-state index in [1.165, 1.54) is 0 Å². The molecule has 31 heavy (non-hydrogen) atoms. The van der Waals surface area contributed by atoms with Gasteiger partial charge in [0.1, 0.15) is 6.61 Å². The van der Waals surface area contributed by atoms with Crippen molar-refractivity contribution in [2.45, 2.75) is 12.6 Å². The number of benzene rings is 2. The average Bonchev–Trinajstić information content (AvgIpc) is 3.45. The Bertz CT molecular complexity index is 1230. The molecule has 1 aliphatic rings. The van der Waals surface area contributed by atoms with E-state index in [1.54, 1.807) is 6.20 Å². The Labute approximate surface area is 180 Å². The minimum atomic E-state index is -0.670. The quantitative estimate of drug-likeness (QED) is 0.486. The number of hydrogen-bond acceptors (Lipinski definition) is 5. The number of H-pyrrole nitrogens is 1. The van der Waals surface area contributed by atoms with Crippen molar-refractivity contribution in [3.05, 3.63) is 66.6 Å². The molecule has 1 aliphatic heterocycles. The van der Waals surface area contributed by atoms with Gasteiger partial charge in [0.05, 0.1) is 6.20 Å². The second kappa shape index (κ2) is 7.92. The topological polar surface area (TPSA) is 72.4 Å². The zero-order valence-corrected chi connectivity index (χ0v) is 17.5. The molecule has 0 radical (unpaired) electrons. The summed E-state index contributed by atoms with van der Waals surface area (Å²) < 4.78 is 13.9. The predicted octanol–water partition coefficient (Wildman–Crippen LogP) is 3.62. The van der Waals surface area contributed by atoms with Gasteiger partial charge < -0.3 is 18.9 Å². The highest BCUT2D eigenvalue weighted by Gasteiger charge is 2.30. The number of carbonyl (C=O) groups excluding carboxylic acids is 1. The minimum absolute atomic E-state index is 0.0702. The van der Waals surface area contributed by atoms with Crippen LogP contribution in [0.2, 0.25) is 0 Å². The maximum Gasteiger partial charge on any atom is 0.209 e. The molecule has 2 aromatic carbocycles. The maximum absolute atomic E-state index is 13.4. The number of likely N-dealkylation sites (N-methyl/N-ethyl adjacent to an activating group) is 1. The maximum atomic E-state index is 13.4. The Hall–Kier alpha value is -3.58. The summed E-state index contributed by atoms with van der Waals surface area (Å²) in [6.45, 7) is 1.84. The number of ketones is 1. The van der Waals surface area contributed by atoms with Crippen molar-refractivity contribution >= 4 is 16.7 Å². The first-order valence-corrected chi connectivity index (χ1v) is 10.3. The second-order valence-corrected chi connectivity index (χ2v) is 7.99. The fourth-order valence-electron chi connectivity index (χ4n) is 3.89. The molecule has 0 saturated carbocycles. The zero-order chi connectivity index (χ0) is 21.4. The Kier molecular flexibility index (Phi) is 4.95. The summed E-state index contributed by atoms with van der Waals surface area (Å²) in [7, 11) is 4.08. The van der Waals surface area contributed by atoms with Crippen LogP contribution in [-0.2, 0) is 6.54 Å². The zero-order valence-electron chi connectivity index (χ0n) is 17.5. The highest BCUT2D eigenvalue weighted by molar-refractivity contribution is 6.11. The molecule has 0 saturated heterocycles. The largest absolute Gasteiger partial charge is 0.485 e. The highest BCUT2D eigenvalue weighted by Crippen LogP contribution is 2.33. The average molecular weight is 416 g/mol. The number of carbonyl (C=O) groups is 1. The minimum Gasteiger partial charge on any atom is -0.485 e. The number of nitrogens with zero attached hydrogens (tertiary/aromatic N) is 3. The van der Waals surface area contributed by atoms with Crippen LogP contribution in [0.5, 0.6) is 11.5 Å². The first kappa shape index (κ1) is 19.4. The van der Waals surface area contributed by atoms with Crippen LogP contribution in [0, 0.1) is 0 Å². The fourth-order valence-corrected chi connectivity index (χ4v) is 3.89. The van der Waals surface area contributed by atoms with E-state index in [1.807, 2.05) is 62.9 Å². The molecule has 1 atom stereocenters. The molecule has 7 heteroatoms. The second-order valence-electron chi connectivity index (χ2n) is 7.99.